The third-order valence-electron chi connectivity index (χ3n) is 4.77. The first kappa shape index (κ1) is 21.8. The number of aryl methyl sites for hydroxylation is 2. The normalized spacial score (nSPS) is 12.1. The number of anilines is 1. The van der Waals surface area contributed by atoms with Crippen LogP contribution in [0.25, 0.3) is 11.5 Å². The minimum atomic E-state index is -0.394. The molecule has 1 N–H and O–H groups in total. The van der Waals surface area contributed by atoms with E-state index in [1.165, 1.54) is 17.3 Å². The second-order valence-electron chi connectivity index (χ2n) is 7.52. The van der Waals surface area contributed by atoms with Crippen LogP contribution in [0, 0.1) is 19.8 Å². The van der Waals surface area contributed by atoms with Crippen molar-refractivity contribution in [2.24, 2.45) is 5.92 Å². The molecule has 7 heteroatoms. The second-order valence-corrected chi connectivity index (χ2v) is 8.81. The fourth-order valence-electron chi connectivity index (χ4n) is 2.69. The molecule has 0 aliphatic heterocycles. The quantitative estimate of drug-likeness (QED) is 0.409. The SMILES string of the molecule is Cc1ccc(-c2nnc(S[C@@H](C)C(=O)c3ccc(NC(=O)C(C)C)cc3)o2)cc1C. The number of hydrogen-bond acceptors (Lipinski definition) is 6. The number of aromatic nitrogens is 2. The second kappa shape index (κ2) is 9.26. The van der Waals surface area contributed by atoms with E-state index in [0.717, 1.165) is 11.1 Å². The molecule has 1 aromatic heterocycles. The smallest absolute Gasteiger partial charge is 0.277 e. The van der Waals surface area contributed by atoms with E-state index in [2.05, 4.69) is 15.5 Å². The number of nitrogens with zero attached hydrogens (tertiary/aromatic N) is 2. The molecule has 156 valence electrons. The van der Waals surface area contributed by atoms with Crippen LogP contribution in [0.15, 0.2) is 52.1 Å². The Balaban J connectivity index is 1.65. The molecule has 0 spiro atoms. The van der Waals surface area contributed by atoms with Gasteiger partial charge in [0, 0.05) is 22.7 Å². The minimum absolute atomic E-state index is 0.0485. The van der Waals surface area contributed by atoms with Gasteiger partial charge in [-0.1, -0.05) is 31.7 Å². The van der Waals surface area contributed by atoms with Crippen LogP contribution >= 0.6 is 11.8 Å². The minimum Gasteiger partial charge on any atom is -0.411 e. The zero-order valence-corrected chi connectivity index (χ0v) is 18.5. The van der Waals surface area contributed by atoms with Gasteiger partial charge in [0.05, 0.1) is 5.25 Å². The van der Waals surface area contributed by atoms with Crippen molar-refractivity contribution in [3.8, 4) is 11.5 Å². The summed E-state index contributed by atoms with van der Waals surface area (Å²) in [5.41, 5.74) is 4.43. The summed E-state index contributed by atoms with van der Waals surface area (Å²) < 4.78 is 5.75. The number of carbonyl (C=O) groups excluding carboxylic acids is 2. The summed E-state index contributed by atoms with van der Waals surface area (Å²) in [6.07, 6.45) is 0. The highest BCUT2D eigenvalue weighted by molar-refractivity contribution is 8.00. The van der Waals surface area contributed by atoms with Crippen molar-refractivity contribution in [2.45, 2.75) is 45.1 Å². The lowest BCUT2D eigenvalue weighted by molar-refractivity contribution is -0.118. The number of rotatable bonds is 7. The van der Waals surface area contributed by atoms with Crippen molar-refractivity contribution >= 4 is 29.1 Å². The van der Waals surface area contributed by atoms with Crippen LogP contribution in [0.1, 0.15) is 42.3 Å². The molecule has 0 fully saturated rings. The molecule has 0 aliphatic rings. The molecule has 0 radical (unpaired) electrons. The lowest BCUT2D eigenvalue weighted by Gasteiger charge is -2.10. The standard InChI is InChI=1S/C23H25N3O3S/c1-13(2)21(28)24-19-10-8-17(9-11-19)20(27)16(5)30-23-26-25-22(29-23)18-7-6-14(3)15(4)12-18/h6-13,16H,1-5H3,(H,24,28)/t16-/m0/s1. The van der Waals surface area contributed by atoms with Gasteiger partial charge in [0.2, 0.25) is 11.8 Å². The van der Waals surface area contributed by atoms with Crippen molar-refractivity contribution in [3.63, 3.8) is 0 Å². The van der Waals surface area contributed by atoms with Gasteiger partial charge in [0.25, 0.3) is 5.22 Å². The van der Waals surface area contributed by atoms with E-state index >= 15 is 0 Å². The van der Waals surface area contributed by atoms with Gasteiger partial charge < -0.3 is 9.73 Å². The molecule has 0 saturated heterocycles. The van der Waals surface area contributed by atoms with Crippen LogP contribution < -0.4 is 5.32 Å². The average molecular weight is 424 g/mol. The first-order valence-corrected chi connectivity index (χ1v) is 10.7. The van der Waals surface area contributed by atoms with E-state index in [9.17, 15) is 9.59 Å². The van der Waals surface area contributed by atoms with Gasteiger partial charge in [-0.25, -0.2) is 0 Å². The van der Waals surface area contributed by atoms with Crippen LogP contribution in [0.2, 0.25) is 0 Å². The number of hydrogen-bond donors (Lipinski definition) is 1. The third-order valence-corrected chi connectivity index (χ3v) is 5.70. The van der Waals surface area contributed by atoms with E-state index < -0.39 is 5.25 Å². The molecule has 1 heterocycles. The van der Waals surface area contributed by atoms with Gasteiger partial charge in [-0.05, 0) is 68.3 Å². The maximum Gasteiger partial charge on any atom is 0.277 e. The highest BCUT2D eigenvalue weighted by atomic mass is 32.2. The largest absolute Gasteiger partial charge is 0.411 e. The molecular weight excluding hydrogens is 398 g/mol. The van der Waals surface area contributed by atoms with Gasteiger partial charge >= 0.3 is 0 Å². The van der Waals surface area contributed by atoms with Crippen molar-refractivity contribution in [1.29, 1.82) is 0 Å². The van der Waals surface area contributed by atoms with Crippen molar-refractivity contribution in [1.82, 2.24) is 10.2 Å². The molecule has 0 aliphatic carbocycles. The Kier molecular flexibility index (Phi) is 6.72. The van der Waals surface area contributed by atoms with Gasteiger partial charge in [-0.3, -0.25) is 9.59 Å². The topological polar surface area (TPSA) is 85.1 Å². The summed E-state index contributed by atoms with van der Waals surface area (Å²) in [5, 5.41) is 10.9. The Morgan fingerprint density at radius 1 is 0.967 bits per heavy atom. The maximum atomic E-state index is 12.8. The van der Waals surface area contributed by atoms with Crippen molar-refractivity contribution in [3.05, 3.63) is 59.2 Å². The number of nitrogens with one attached hydrogen (secondary N) is 1. The Labute approximate surface area is 180 Å². The van der Waals surface area contributed by atoms with E-state index in [4.69, 9.17) is 4.42 Å². The maximum absolute atomic E-state index is 12.8. The summed E-state index contributed by atoms with van der Waals surface area (Å²) in [6, 6.07) is 12.9. The predicted molar refractivity (Wildman–Crippen MR) is 119 cm³/mol. The zero-order valence-electron chi connectivity index (χ0n) is 17.7. The highest BCUT2D eigenvalue weighted by Crippen LogP contribution is 2.28. The van der Waals surface area contributed by atoms with Gasteiger partial charge in [-0.2, -0.15) is 0 Å². The van der Waals surface area contributed by atoms with Crippen LogP contribution in [0.3, 0.4) is 0 Å². The molecule has 3 aromatic rings. The first-order valence-electron chi connectivity index (χ1n) is 9.77. The van der Waals surface area contributed by atoms with Gasteiger partial charge in [-0.15, -0.1) is 10.2 Å². The van der Waals surface area contributed by atoms with Crippen LogP contribution in [0.5, 0.6) is 0 Å². The molecule has 30 heavy (non-hydrogen) atoms. The molecule has 6 nitrogen and oxygen atoms in total. The number of carbonyl (C=O) groups is 2. The molecule has 0 bridgehead atoms. The van der Waals surface area contributed by atoms with Crippen molar-refractivity contribution < 1.29 is 14.0 Å². The van der Waals surface area contributed by atoms with Gasteiger partial charge in [0.1, 0.15) is 0 Å². The number of Topliss-reactive ketones (excluding diaryl/α,β-unsaturated/α-hetero) is 1. The summed E-state index contributed by atoms with van der Waals surface area (Å²) in [6.45, 7) is 9.54. The van der Waals surface area contributed by atoms with Crippen LogP contribution in [-0.2, 0) is 4.79 Å². The highest BCUT2D eigenvalue weighted by Gasteiger charge is 2.20. The Morgan fingerprint density at radius 2 is 1.67 bits per heavy atom. The molecule has 0 saturated carbocycles. The number of ketones is 1. The summed E-state index contributed by atoms with van der Waals surface area (Å²) >= 11 is 1.23. The van der Waals surface area contributed by atoms with E-state index in [-0.39, 0.29) is 17.6 Å². The summed E-state index contributed by atoms with van der Waals surface area (Å²) in [4.78, 5) is 24.5. The van der Waals surface area contributed by atoms with E-state index in [1.54, 1.807) is 31.2 Å². The summed E-state index contributed by atoms with van der Waals surface area (Å²) in [7, 11) is 0. The third kappa shape index (κ3) is 5.16. The lowest BCUT2D eigenvalue weighted by Crippen LogP contribution is -2.18. The van der Waals surface area contributed by atoms with Crippen molar-refractivity contribution in [2.75, 3.05) is 5.32 Å². The fraction of sp³-hybridized carbons (Fsp3) is 0.304. The predicted octanol–water partition coefficient (Wildman–Crippen LogP) is 5.31. The number of amides is 1. The lowest BCUT2D eigenvalue weighted by atomic mass is 10.1. The Hall–Kier alpha value is -2.93. The molecule has 0 unspecified atom stereocenters. The van der Waals surface area contributed by atoms with E-state index in [0.29, 0.717) is 22.4 Å². The number of thioether (sulfide) groups is 1. The molecular formula is C23H25N3O3S. The first-order chi connectivity index (χ1) is 14.2. The average Bonchev–Trinajstić information content (AvgIpc) is 3.18. The Bertz CT molecular complexity index is 1060. The summed E-state index contributed by atoms with van der Waals surface area (Å²) in [5.74, 6) is 0.220. The molecule has 3 rings (SSSR count). The monoisotopic (exact) mass is 423 g/mol. The van der Waals surface area contributed by atoms with Crippen LogP contribution in [-0.4, -0.2) is 27.1 Å². The molecule has 1 amide bonds. The zero-order chi connectivity index (χ0) is 21.8. The fourth-order valence-corrected chi connectivity index (χ4v) is 3.45. The number of benzene rings is 2. The Morgan fingerprint density at radius 3 is 2.30 bits per heavy atom. The molecule has 1 atom stereocenters. The van der Waals surface area contributed by atoms with E-state index in [1.807, 2.05) is 45.9 Å². The van der Waals surface area contributed by atoms with Crippen LogP contribution in [0.4, 0.5) is 5.69 Å². The molecule has 2 aromatic carbocycles. The van der Waals surface area contributed by atoms with Gasteiger partial charge in [0.15, 0.2) is 5.78 Å².